The van der Waals surface area contributed by atoms with Gasteiger partial charge in [-0.15, -0.1) is 0 Å². The van der Waals surface area contributed by atoms with E-state index in [1.54, 1.807) is 13.3 Å². The van der Waals surface area contributed by atoms with E-state index in [0.717, 1.165) is 25.8 Å². The summed E-state index contributed by atoms with van der Waals surface area (Å²) < 4.78 is 7.41. The van der Waals surface area contributed by atoms with Gasteiger partial charge >= 0.3 is 6.03 Å². The third-order valence-corrected chi connectivity index (χ3v) is 4.69. The van der Waals surface area contributed by atoms with Gasteiger partial charge in [-0.25, -0.2) is 4.79 Å². The number of hydrogen-bond acceptors (Lipinski definition) is 4. The smallest absolute Gasteiger partial charge is 0.315 e. The average Bonchev–Trinajstić information content (AvgIpc) is 3.10. The van der Waals surface area contributed by atoms with Crippen LogP contribution in [0.1, 0.15) is 46.5 Å². The maximum Gasteiger partial charge on any atom is 0.315 e. The molecule has 1 aromatic rings. The molecule has 0 bridgehead atoms. The van der Waals surface area contributed by atoms with Gasteiger partial charge in [0.05, 0.1) is 12.1 Å². The van der Waals surface area contributed by atoms with Gasteiger partial charge in [0.1, 0.15) is 0 Å². The Morgan fingerprint density at radius 1 is 1.30 bits per heavy atom. The zero-order chi connectivity index (χ0) is 19.9. The lowest BCUT2D eigenvalue weighted by Gasteiger charge is -2.35. The summed E-state index contributed by atoms with van der Waals surface area (Å²) in [6.07, 6.45) is 6.41. The first-order chi connectivity index (χ1) is 12.8. The summed E-state index contributed by atoms with van der Waals surface area (Å²) in [6, 6.07) is 1.61. The van der Waals surface area contributed by atoms with Crippen molar-refractivity contribution in [3.05, 3.63) is 18.5 Å². The highest BCUT2D eigenvalue weighted by Gasteiger charge is 2.35. The molecule has 0 radical (unpaired) electrons. The Morgan fingerprint density at radius 2 is 2.07 bits per heavy atom. The monoisotopic (exact) mass is 379 g/mol. The molecule has 0 aliphatic heterocycles. The molecular weight excluding hydrogens is 346 g/mol. The van der Waals surface area contributed by atoms with Crippen molar-refractivity contribution in [3.63, 3.8) is 0 Å². The zero-order valence-corrected chi connectivity index (χ0v) is 16.8. The van der Waals surface area contributed by atoms with Gasteiger partial charge in [-0.05, 0) is 52.5 Å². The number of ether oxygens (including phenoxy) is 1. The molecule has 3 N–H and O–H groups in total. The Labute approximate surface area is 161 Å². The molecular formula is C19H33N5O3. The standard InChI is InChI=1S/C19H33N5O3/c1-19(2,3)23-18(26)22-15-8-7-14(13-16(15)27-4)17(25)20-9-5-11-24-12-6-10-21-24/h6,10,12,14-16H,5,7-9,11,13H2,1-4H3,(H,20,25)(H2,22,23,26)/t14-,15+,16+/m0/s1. The number of carbonyl (C=O) groups excluding carboxylic acids is 2. The first-order valence-electron chi connectivity index (χ1n) is 9.65. The van der Waals surface area contributed by atoms with Gasteiger partial charge in [0, 0.05) is 44.0 Å². The quantitative estimate of drug-likeness (QED) is 0.628. The van der Waals surface area contributed by atoms with Crippen LogP contribution in [0.5, 0.6) is 0 Å². The fraction of sp³-hybridized carbons (Fsp3) is 0.737. The molecule has 8 nitrogen and oxygen atoms in total. The molecule has 2 rings (SSSR count). The second kappa shape index (κ2) is 9.73. The summed E-state index contributed by atoms with van der Waals surface area (Å²) in [5.41, 5.74) is -0.292. The number of aromatic nitrogens is 2. The molecule has 3 amide bonds. The van der Waals surface area contributed by atoms with Gasteiger partial charge < -0.3 is 20.7 Å². The summed E-state index contributed by atoms with van der Waals surface area (Å²) >= 11 is 0. The van der Waals surface area contributed by atoms with Crippen LogP contribution in [-0.4, -0.2) is 53.1 Å². The van der Waals surface area contributed by atoms with E-state index >= 15 is 0 Å². The first-order valence-corrected chi connectivity index (χ1v) is 9.65. The topological polar surface area (TPSA) is 97.3 Å². The van der Waals surface area contributed by atoms with Crippen molar-refractivity contribution in [3.8, 4) is 0 Å². The molecule has 1 saturated carbocycles. The van der Waals surface area contributed by atoms with E-state index in [4.69, 9.17) is 4.74 Å². The van der Waals surface area contributed by atoms with E-state index in [1.165, 1.54) is 0 Å². The molecule has 27 heavy (non-hydrogen) atoms. The Bertz CT molecular complexity index is 597. The highest BCUT2D eigenvalue weighted by atomic mass is 16.5. The summed E-state index contributed by atoms with van der Waals surface area (Å²) in [7, 11) is 1.63. The van der Waals surface area contributed by atoms with Crippen molar-refractivity contribution in [2.24, 2.45) is 5.92 Å². The fourth-order valence-electron chi connectivity index (χ4n) is 3.37. The molecule has 1 aliphatic carbocycles. The van der Waals surface area contributed by atoms with Crippen LogP contribution in [0.2, 0.25) is 0 Å². The van der Waals surface area contributed by atoms with E-state index in [9.17, 15) is 9.59 Å². The molecule has 3 atom stereocenters. The third kappa shape index (κ3) is 7.21. The van der Waals surface area contributed by atoms with Crippen LogP contribution < -0.4 is 16.0 Å². The van der Waals surface area contributed by atoms with Crippen LogP contribution in [0.3, 0.4) is 0 Å². The molecule has 0 aromatic carbocycles. The lowest BCUT2D eigenvalue weighted by Crippen LogP contribution is -2.55. The minimum atomic E-state index is -0.292. The Balaban J connectivity index is 1.73. The van der Waals surface area contributed by atoms with Gasteiger partial charge in [-0.2, -0.15) is 5.10 Å². The largest absolute Gasteiger partial charge is 0.379 e. The van der Waals surface area contributed by atoms with Gasteiger partial charge in [0.25, 0.3) is 0 Å². The number of nitrogens with zero attached hydrogens (tertiary/aromatic N) is 2. The van der Waals surface area contributed by atoms with Crippen LogP contribution in [0, 0.1) is 5.92 Å². The van der Waals surface area contributed by atoms with Gasteiger partial charge in [0.2, 0.25) is 5.91 Å². The number of methoxy groups -OCH3 is 1. The molecule has 1 aliphatic rings. The normalized spacial score (nSPS) is 22.9. The third-order valence-electron chi connectivity index (χ3n) is 4.69. The van der Waals surface area contributed by atoms with Crippen LogP contribution in [-0.2, 0) is 16.1 Å². The van der Waals surface area contributed by atoms with Crippen LogP contribution in [0.25, 0.3) is 0 Å². The van der Waals surface area contributed by atoms with E-state index in [0.29, 0.717) is 13.0 Å². The van der Waals surface area contributed by atoms with Crippen LogP contribution in [0.15, 0.2) is 18.5 Å². The summed E-state index contributed by atoms with van der Waals surface area (Å²) in [5.74, 6) is -0.0153. The number of carbonyl (C=O) groups is 2. The van der Waals surface area contributed by atoms with E-state index in [1.807, 2.05) is 37.7 Å². The Kier molecular flexibility index (Phi) is 7.65. The van der Waals surface area contributed by atoms with Gasteiger partial charge in [-0.1, -0.05) is 0 Å². The van der Waals surface area contributed by atoms with Gasteiger partial charge in [0.15, 0.2) is 0 Å². The van der Waals surface area contributed by atoms with Gasteiger partial charge in [-0.3, -0.25) is 9.48 Å². The summed E-state index contributed by atoms with van der Waals surface area (Å²) in [4.78, 5) is 24.6. The number of urea groups is 1. The van der Waals surface area contributed by atoms with Crippen molar-refractivity contribution in [1.82, 2.24) is 25.7 Å². The highest BCUT2D eigenvalue weighted by molar-refractivity contribution is 5.79. The lowest BCUT2D eigenvalue weighted by molar-refractivity contribution is -0.127. The second-order valence-corrected chi connectivity index (χ2v) is 8.15. The molecule has 152 valence electrons. The van der Waals surface area contributed by atoms with Crippen molar-refractivity contribution in [1.29, 1.82) is 0 Å². The number of hydrogen-bond donors (Lipinski definition) is 3. The zero-order valence-electron chi connectivity index (χ0n) is 16.8. The number of nitrogens with one attached hydrogen (secondary N) is 3. The molecule has 0 spiro atoms. The molecule has 1 heterocycles. The minimum absolute atomic E-state index is 0.0649. The number of aryl methyl sites for hydroxylation is 1. The van der Waals surface area contributed by atoms with Crippen molar-refractivity contribution < 1.29 is 14.3 Å². The molecule has 0 saturated heterocycles. The molecule has 1 fully saturated rings. The first kappa shape index (κ1) is 21.2. The van der Waals surface area contributed by atoms with E-state index in [-0.39, 0.29) is 35.5 Å². The number of amides is 3. The van der Waals surface area contributed by atoms with Crippen LogP contribution in [0.4, 0.5) is 4.79 Å². The second-order valence-electron chi connectivity index (χ2n) is 8.15. The minimum Gasteiger partial charge on any atom is -0.379 e. The Hall–Kier alpha value is -2.09. The molecule has 1 aromatic heterocycles. The highest BCUT2D eigenvalue weighted by Crippen LogP contribution is 2.27. The van der Waals surface area contributed by atoms with Crippen molar-refractivity contribution in [2.75, 3.05) is 13.7 Å². The van der Waals surface area contributed by atoms with Crippen molar-refractivity contribution >= 4 is 11.9 Å². The van der Waals surface area contributed by atoms with Crippen LogP contribution >= 0.6 is 0 Å². The fourth-order valence-corrected chi connectivity index (χ4v) is 3.37. The maximum atomic E-state index is 12.4. The van der Waals surface area contributed by atoms with E-state index < -0.39 is 0 Å². The predicted octanol–water partition coefficient (Wildman–Crippen LogP) is 1.67. The maximum absolute atomic E-state index is 12.4. The SMILES string of the molecule is CO[C@@H]1C[C@@H](C(=O)NCCCn2cccn2)CC[C@H]1NC(=O)NC(C)(C)C. The summed E-state index contributed by atoms with van der Waals surface area (Å²) in [5, 5.41) is 13.0. The number of rotatable bonds is 7. The lowest BCUT2D eigenvalue weighted by atomic mass is 9.83. The van der Waals surface area contributed by atoms with Crippen molar-refractivity contribution in [2.45, 2.75) is 70.7 Å². The molecule has 0 unspecified atom stereocenters. The average molecular weight is 380 g/mol. The Morgan fingerprint density at radius 3 is 2.70 bits per heavy atom. The molecule has 8 heteroatoms. The van der Waals surface area contributed by atoms with E-state index in [2.05, 4.69) is 21.0 Å². The summed E-state index contributed by atoms with van der Waals surface area (Å²) in [6.45, 7) is 7.23. The predicted molar refractivity (Wildman–Crippen MR) is 103 cm³/mol.